The fraction of sp³-hybridized carbons (Fsp3) is 0.609. The lowest BCUT2D eigenvalue weighted by Crippen LogP contribution is -2.51. The molecule has 1 saturated carbocycles. The highest BCUT2D eigenvalue weighted by atomic mass is 16.5. The first-order chi connectivity index (χ1) is 14.4. The molecule has 0 radical (unpaired) electrons. The van der Waals surface area contributed by atoms with E-state index >= 15 is 0 Å². The molecule has 2 N–H and O–H groups in total. The number of benzene rings is 1. The van der Waals surface area contributed by atoms with Crippen molar-refractivity contribution in [2.45, 2.75) is 64.5 Å². The van der Waals surface area contributed by atoms with E-state index in [0.717, 1.165) is 31.4 Å². The molecule has 0 aromatic heterocycles. The topological polar surface area (TPSA) is 87.7 Å². The Bertz CT molecular complexity index is 756. The third-order valence-electron chi connectivity index (χ3n) is 5.92. The second-order valence-corrected chi connectivity index (χ2v) is 8.78. The van der Waals surface area contributed by atoms with E-state index in [1.54, 1.807) is 24.1 Å². The first kappa shape index (κ1) is 22.1. The van der Waals surface area contributed by atoms with E-state index in [-0.39, 0.29) is 36.1 Å². The molecule has 1 unspecified atom stereocenters. The number of rotatable bonds is 8. The first-order valence-corrected chi connectivity index (χ1v) is 10.9. The van der Waals surface area contributed by atoms with Crippen LogP contribution >= 0.6 is 0 Å². The van der Waals surface area contributed by atoms with Gasteiger partial charge in [-0.25, -0.2) is 0 Å². The van der Waals surface area contributed by atoms with Gasteiger partial charge in [0.1, 0.15) is 11.8 Å². The number of anilines is 1. The minimum atomic E-state index is -0.566. The molecule has 3 rings (SSSR count). The molecule has 0 spiro atoms. The number of carbonyl (C=O) groups excluding carboxylic acids is 3. The molecule has 7 heteroatoms. The van der Waals surface area contributed by atoms with Crippen LogP contribution in [-0.4, -0.2) is 43.5 Å². The van der Waals surface area contributed by atoms with Gasteiger partial charge in [-0.05, 0) is 49.4 Å². The molecule has 1 aliphatic carbocycles. The van der Waals surface area contributed by atoms with Crippen LogP contribution in [0.4, 0.5) is 5.69 Å². The molecule has 2 fully saturated rings. The van der Waals surface area contributed by atoms with E-state index in [2.05, 4.69) is 10.6 Å². The first-order valence-electron chi connectivity index (χ1n) is 10.9. The van der Waals surface area contributed by atoms with E-state index in [1.807, 2.05) is 26.0 Å². The average Bonchev–Trinajstić information content (AvgIpc) is 3.36. The van der Waals surface area contributed by atoms with Crippen molar-refractivity contribution in [1.82, 2.24) is 10.6 Å². The summed E-state index contributed by atoms with van der Waals surface area (Å²) < 4.78 is 5.16. The maximum atomic E-state index is 12.9. The molecule has 1 heterocycles. The Kier molecular flexibility index (Phi) is 7.34. The molecule has 30 heavy (non-hydrogen) atoms. The van der Waals surface area contributed by atoms with Crippen LogP contribution in [0.2, 0.25) is 0 Å². The number of ether oxygens (including phenoxy) is 1. The molecule has 1 aromatic carbocycles. The molecule has 2 aliphatic rings. The molecule has 1 saturated heterocycles. The summed E-state index contributed by atoms with van der Waals surface area (Å²) in [6, 6.07) is 6.86. The van der Waals surface area contributed by atoms with Crippen molar-refractivity contribution >= 4 is 23.4 Å². The van der Waals surface area contributed by atoms with Crippen LogP contribution in [0.5, 0.6) is 5.75 Å². The van der Waals surface area contributed by atoms with E-state index in [4.69, 9.17) is 4.74 Å². The molecular weight excluding hydrogens is 382 g/mol. The Labute approximate surface area is 178 Å². The molecule has 3 amide bonds. The summed E-state index contributed by atoms with van der Waals surface area (Å²) >= 11 is 0. The van der Waals surface area contributed by atoms with Gasteiger partial charge in [0.15, 0.2) is 0 Å². The number of hydrogen-bond acceptors (Lipinski definition) is 4. The smallest absolute Gasteiger partial charge is 0.242 e. The lowest BCUT2D eigenvalue weighted by atomic mass is 10.0. The normalized spacial score (nSPS) is 20.5. The van der Waals surface area contributed by atoms with E-state index in [9.17, 15) is 14.4 Å². The van der Waals surface area contributed by atoms with Crippen LogP contribution in [0.25, 0.3) is 0 Å². The zero-order chi connectivity index (χ0) is 21.7. The standard InChI is InChI=1S/C23H33N3O4/c1-15(2)12-20(23(29)24-17-6-4-5-7-17)25-22(28)16-13-21(27)26(14-16)18-8-10-19(30-3)11-9-18/h8-11,15-17,20H,4-7,12-14H2,1-3H3,(H,24,29)(H,25,28)/t16?,20-/m1/s1. The van der Waals surface area contributed by atoms with Gasteiger partial charge in [0, 0.05) is 24.7 Å². The zero-order valence-electron chi connectivity index (χ0n) is 18.1. The van der Waals surface area contributed by atoms with Crippen LogP contribution < -0.4 is 20.3 Å². The van der Waals surface area contributed by atoms with Crippen molar-refractivity contribution in [1.29, 1.82) is 0 Å². The summed E-state index contributed by atoms with van der Waals surface area (Å²) in [6.45, 7) is 4.38. The van der Waals surface area contributed by atoms with E-state index < -0.39 is 12.0 Å². The second-order valence-electron chi connectivity index (χ2n) is 8.78. The molecule has 0 bridgehead atoms. The quantitative estimate of drug-likeness (QED) is 0.683. The third-order valence-corrected chi connectivity index (χ3v) is 5.92. The second kappa shape index (κ2) is 9.96. The van der Waals surface area contributed by atoms with Crippen molar-refractivity contribution < 1.29 is 19.1 Å². The summed E-state index contributed by atoms with van der Waals surface area (Å²) in [5, 5.41) is 6.02. The van der Waals surface area contributed by atoms with Crippen LogP contribution in [0.1, 0.15) is 52.4 Å². The van der Waals surface area contributed by atoms with Gasteiger partial charge in [-0.3, -0.25) is 14.4 Å². The highest BCUT2D eigenvalue weighted by Gasteiger charge is 2.37. The van der Waals surface area contributed by atoms with Gasteiger partial charge in [0.25, 0.3) is 0 Å². The van der Waals surface area contributed by atoms with Crippen LogP contribution in [0.3, 0.4) is 0 Å². The lowest BCUT2D eigenvalue weighted by molar-refractivity contribution is -0.132. The number of nitrogens with zero attached hydrogens (tertiary/aromatic N) is 1. The minimum absolute atomic E-state index is 0.0869. The Hall–Kier alpha value is -2.57. The SMILES string of the molecule is COc1ccc(N2CC(C(=O)N[C@H](CC(C)C)C(=O)NC3CCCC3)CC2=O)cc1. The summed E-state index contributed by atoms with van der Waals surface area (Å²) in [6.07, 6.45) is 5.00. The Morgan fingerprint density at radius 1 is 1.17 bits per heavy atom. The molecule has 7 nitrogen and oxygen atoms in total. The minimum Gasteiger partial charge on any atom is -0.497 e. The van der Waals surface area contributed by atoms with Gasteiger partial charge in [0.05, 0.1) is 13.0 Å². The van der Waals surface area contributed by atoms with Crippen LogP contribution in [0, 0.1) is 11.8 Å². The number of nitrogens with one attached hydrogen (secondary N) is 2. The number of carbonyl (C=O) groups is 3. The fourth-order valence-corrected chi connectivity index (χ4v) is 4.26. The lowest BCUT2D eigenvalue weighted by Gasteiger charge is -2.24. The molecular formula is C23H33N3O4. The Balaban J connectivity index is 1.61. The maximum Gasteiger partial charge on any atom is 0.242 e. The number of amides is 3. The van der Waals surface area contributed by atoms with E-state index in [1.165, 1.54) is 0 Å². The number of hydrogen-bond donors (Lipinski definition) is 2. The summed E-state index contributed by atoms with van der Waals surface area (Å²) in [7, 11) is 1.59. The van der Waals surface area contributed by atoms with Gasteiger partial charge in [-0.2, -0.15) is 0 Å². The molecule has 1 aliphatic heterocycles. The van der Waals surface area contributed by atoms with Crippen molar-refractivity contribution in [3.05, 3.63) is 24.3 Å². The van der Waals surface area contributed by atoms with Gasteiger partial charge >= 0.3 is 0 Å². The van der Waals surface area contributed by atoms with Crippen LogP contribution in [-0.2, 0) is 14.4 Å². The predicted octanol–water partition coefficient (Wildman–Crippen LogP) is 2.64. The predicted molar refractivity (Wildman–Crippen MR) is 115 cm³/mol. The van der Waals surface area contributed by atoms with Crippen molar-refractivity contribution in [2.75, 3.05) is 18.6 Å². The van der Waals surface area contributed by atoms with Crippen LogP contribution in [0.15, 0.2) is 24.3 Å². The molecule has 1 aromatic rings. The largest absolute Gasteiger partial charge is 0.497 e. The van der Waals surface area contributed by atoms with E-state index in [0.29, 0.717) is 18.7 Å². The average molecular weight is 416 g/mol. The Morgan fingerprint density at radius 3 is 2.43 bits per heavy atom. The fourth-order valence-electron chi connectivity index (χ4n) is 4.26. The monoisotopic (exact) mass is 415 g/mol. The third kappa shape index (κ3) is 5.52. The maximum absolute atomic E-state index is 12.9. The van der Waals surface area contributed by atoms with Gasteiger partial charge in [-0.15, -0.1) is 0 Å². The molecule has 2 atom stereocenters. The highest BCUT2D eigenvalue weighted by molar-refractivity contribution is 6.01. The van der Waals surface area contributed by atoms with Gasteiger partial charge < -0.3 is 20.3 Å². The summed E-state index contributed by atoms with van der Waals surface area (Å²) in [5.41, 5.74) is 0.744. The highest BCUT2D eigenvalue weighted by Crippen LogP contribution is 2.27. The summed E-state index contributed by atoms with van der Waals surface area (Å²) in [4.78, 5) is 39.8. The summed E-state index contributed by atoms with van der Waals surface area (Å²) in [5.74, 6) is 0.0895. The van der Waals surface area contributed by atoms with Crippen molar-refractivity contribution in [3.8, 4) is 5.75 Å². The Morgan fingerprint density at radius 2 is 1.83 bits per heavy atom. The zero-order valence-corrected chi connectivity index (χ0v) is 18.1. The molecule has 164 valence electrons. The van der Waals surface area contributed by atoms with Gasteiger partial charge in [-0.1, -0.05) is 26.7 Å². The van der Waals surface area contributed by atoms with Crippen molar-refractivity contribution in [2.24, 2.45) is 11.8 Å². The number of methoxy groups -OCH3 is 1. The van der Waals surface area contributed by atoms with Crippen molar-refractivity contribution in [3.63, 3.8) is 0 Å². The van der Waals surface area contributed by atoms with Gasteiger partial charge in [0.2, 0.25) is 17.7 Å².